The smallest absolute Gasteiger partial charge is 0.140 e. The van der Waals surface area contributed by atoms with Crippen molar-refractivity contribution in [1.82, 2.24) is 0 Å². The lowest BCUT2D eigenvalue weighted by molar-refractivity contribution is -0.130. The van der Waals surface area contributed by atoms with Gasteiger partial charge in [0.05, 0.1) is 13.2 Å². The summed E-state index contributed by atoms with van der Waals surface area (Å²) in [6.45, 7) is 0.837. The van der Waals surface area contributed by atoms with Gasteiger partial charge < -0.3 is 4.74 Å². The summed E-state index contributed by atoms with van der Waals surface area (Å²) in [5.74, 6) is -0.486. The Morgan fingerprint density at radius 3 is 3.00 bits per heavy atom. The Morgan fingerprint density at radius 1 is 1.50 bits per heavy atom. The van der Waals surface area contributed by atoms with E-state index in [9.17, 15) is 9.18 Å². The first-order valence-corrected chi connectivity index (χ1v) is 5.59. The molecule has 2 rings (SSSR count). The van der Waals surface area contributed by atoms with E-state index >= 15 is 0 Å². The van der Waals surface area contributed by atoms with Crippen molar-refractivity contribution in [1.29, 1.82) is 0 Å². The molecule has 0 aliphatic carbocycles. The molecule has 16 heavy (non-hydrogen) atoms. The molecule has 1 aromatic rings. The molecule has 0 saturated carbocycles. The van der Waals surface area contributed by atoms with Crippen LogP contribution in [0.15, 0.2) is 18.2 Å². The fourth-order valence-corrected chi connectivity index (χ4v) is 2.08. The van der Waals surface area contributed by atoms with Crippen molar-refractivity contribution in [2.45, 2.75) is 12.8 Å². The van der Waals surface area contributed by atoms with Gasteiger partial charge in [-0.3, -0.25) is 4.79 Å². The van der Waals surface area contributed by atoms with Crippen LogP contribution in [0.1, 0.15) is 12.0 Å². The summed E-state index contributed by atoms with van der Waals surface area (Å²) < 4.78 is 18.7. The molecule has 1 atom stereocenters. The molecule has 1 unspecified atom stereocenters. The molecule has 0 bridgehead atoms. The first-order chi connectivity index (χ1) is 7.68. The van der Waals surface area contributed by atoms with Crippen LogP contribution in [-0.4, -0.2) is 19.0 Å². The first-order valence-electron chi connectivity index (χ1n) is 5.22. The van der Waals surface area contributed by atoms with Crippen LogP contribution >= 0.6 is 11.6 Å². The van der Waals surface area contributed by atoms with Crippen LogP contribution in [-0.2, 0) is 16.0 Å². The highest BCUT2D eigenvalue weighted by atomic mass is 35.5. The van der Waals surface area contributed by atoms with Gasteiger partial charge in [0.15, 0.2) is 0 Å². The summed E-state index contributed by atoms with van der Waals surface area (Å²) in [6, 6.07) is 4.55. The van der Waals surface area contributed by atoms with Crippen molar-refractivity contribution in [2.75, 3.05) is 13.2 Å². The molecule has 4 heteroatoms. The molecule has 2 nitrogen and oxygen atoms in total. The quantitative estimate of drug-likeness (QED) is 0.797. The Morgan fingerprint density at radius 2 is 2.31 bits per heavy atom. The van der Waals surface area contributed by atoms with E-state index in [2.05, 4.69) is 0 Å². The number of halogens is 2. The lowest BCUT2D eigenvalue weighted by Gasteiger charge is -2.21. The number of rotatable bonds is 2. The Hall–Kier alpha value is -0.930. The topological polar surface area (TPSA) is 26.3 Å². The van der Waals surface area contributed by atoms with Crippen molar-refractivity contribution in [3.05, 3.63) is 34.6 Å². The van der Waals surface area contributed by atoms with Crippen LogP contribution in [0, 0.1) is 11.7 Å². The highest BCUT2D eigenvalue weighted by Gasteiger charge is 2.24. The van der Waals surface area contributed by atoms with Crippen molar-refractivity contribution in [3.63, 3.8) is 0 Å². The fourth-order valence-electron chi connectivity index (χ4n) is 1.84. The minimum atomic E-state index is -0.356. The second-order valence-corrected chi connectivity index (χ2v) is 4.30. The highest BCUT2D eigenvalue weighted by Crippen LogP contribution is 2.24. The van der Waals surface area contributed by atoms with Gasteiger partial charge in [0.2, 0.25) is 0 Å². The largest absolute Gasteiger partial charge is 0.380 e. The highest BCUT2D eigenvalue weighted by molar-refractivity contribution is 6.31. The van der Waals surface area contributed by atoms with Crippen molar-refractivity contribution in [3.8, 4) is 0 Å². The summed E-state index contributed by atoms with van der Waals surface area (Å²) >= 11 is 5.90. The molecule has 86 valence electrons. The maximum atomic E-state index is 13.5. The van der Waals surface area contributed by atoms with E-state index in [0.717, 1.165) is 0 Å². The Kier molecular flexibility index (Phi) is 3.56. The Bertz CT molecular complexity index is 386. The van der Waals surface area contributed by atoms with E-state index < -0.39 is 0 Å². The van der Waals surface area contributed by atoms with Crippen molar-refractivity contribution >= 4 is 17.4 Å². The minimum Gasteiger partial charge on any atom is -0.380 e. The van der Waals surface area contributed by atoms with Crippen LogP contribution in [0.25, 0.3) is 0 Å². The monoisotopic (exact) mass is 242 g/mol. The molecule has 0 N–H and O–H groups in total. The van der Waals surface area contributed by atoms with E-state index in [-0.39, 0.29) is 17.5 Å². The number of carbonyl (C=O) groups is 1. The molecule has 0 radical (unpaired) electrons. The molecule has 1 aliphatic heterocycles. The second-order valence-electron chi connectivity index (χ2n) is 3.89. The average molecular weight is 243 g/mol. The standard InChI is InChI=1S/C12H12ClFO2/c13-10-2-1-3-11(14)9(10)6-8-7-16-5-4-12(8)15/h1-3,8H,4-7H2. The SMILES string of the molecule is O=C1CCOCC1Cc1c(F)cccc1Cl. The van der Waals surface area contributed by atoms with Crippen molar-refractivity contribution < 1.29 is 13.9 Å². The predicted octanol–water partition coefficient (Wildman–Crippen LogP) is 2.63. The zero-order valence-electron chi connectivity index (χ0n) is 8.71. The number of benzene rings is 1. The normalized spacial score (nSPS) is 21.1. The first kappa shape index (κ1) is 11.6. The minimum absolute atomic E-state index is 0.130. The second kappa shape index (κ2) is 4.93. The van der Waals surface area contributed by atoms with Gasteiger partial charge in [-0.2, -0.15) is 0 Å². The molecule has 0 spiro atoms. The number of hydrogen-bond acceptors (Lipinski definition) is 2. The summed E-state index contributed by atoms with van der Waals surface area (Å²) in [4.78, 5) is 11.6. The maximum absolute atomic E-state index is 13.5. The predicted molar refractivity (Wildman–Crippen MR) is 59.0 cm³/mol. The summed E-state index contributed by atoms with van der Waals surface area (Å²) in [7, 11) is 0. The maximum Gasteiger partial charge on any atom is 0.140 e. The van der Waals surface area contributed by atoms with E-state index in [1.807, 2.05) is 0 Å². The lowest BCUT2D eigenvalue weighted by Crippen LogP contribution is -2.29. The van der Waals surface area contributed by atoms with Crippen LogP contribution in [0.5, 0.6) is 0 Å². The Balaban J connectivity index is 2.16. The summed E-state index contributed by atoms with van der Waals surface area (Å²) in [5, 5.41) is 0.373. The molecule has 0 amide bonds. The van der Waals surface area contributed by atoms with Crippen LogP contribution in [0.3, 0.4) is 0 Å². The average Bonchev–Trinajstić information content (AvgIpc) is 2.26. The number of hydrogen-bond donors (Lipinski definition) is 0. The summed E-state index contributed by atoms with van der Waals surface area (Å²) in [6.07, 6.45) is 0.737. The van der Waals surface area contributed by atoms with Gasteiger partial charge >= 0.3 is 0 Å². The van der Waals surface area contributed by atoms with Crippen LogP contribution in [0.4, 0.5) is 4.39 Å². The zero-order valence-corrected chi connectivity index (χ0v) is 9.47. The molecular weight excluding hydrogens is 231 g/mol. The molecule has 1 aliphatic rings. The molecule has 1 heterocycles. The number of Topliss-reactive ketones (excluding diaryl/α,β-unsaturated/α-hetero) is 1. The third kappa shape index (κ3) is 2.42. The van der Waals surface area contributed by atoms with Gasteiger partial charge in [-0.15, -0.1) is 0 Å². The van der Waals surface area contributed by atoms with Gasteiger partial charge in [-0.25, -0.2) is 4.39 Å². The summed E-state index contributed by atoms with van der Waals surface area (Å²) in [5.41, 5.74) is 0.410. The number of ketones is 1. The third-order valence-corrected chi connectivity index (χ3v) is 3.13. The van der Waals surface area contributed by atoms with Gasteiger partial charge in [0.25, 0.3) is 0 Å². The number of carbonyl (C=O) groups excluding carboxylic acids is 1. The van der Waals surface area contributed by atoms with Crippen molar-refractivity contribution in [2.24, 2.45) is 5.92 Å². The van der Waals surface area contributed by atoms with Gasteiger partial charge in [-0.05, 0) is 18.6 Å². The molecular formula is C12H12ClFO2. The molecule has 1 aromatic carbocycles. The Labute approximate surface area is 98.4 Å². The fraction of sp³-hybridized carbons (Fsp3) is 0.417. The molecule has 0 aromatic heterocycles. The third-order valence-electron chi connectivity index (χ3n) is 2.78. The van der Waals surface area contributed by atoms with E-state index in [0.29, 0.717) is 36.6 Å². The van der Waals surface area contributed by atoms with Gasteiger partial charge in [0.1, 0.15) is 11.6 Å². The van der Waals surface area contributed by atoms with Gasteiger partial charge in [0, 0.05) is 22.9 Å². The van der Waals surface area contributed by atoms with E-state index in [4.69, 9.17) is 16.3 Å². The van der Waals surface area contributed by atoms with Crippen LogP contribution < -0.4 is 0 Å². The van der Waals surface area contributed by atoms with E-state index in [1.165, 1.54) is 6.07 Å². The lowest BCUT2D eigenvalue weighted by atomic mass is 9.93. The zero-order chi connectivity index (χ0) is 11.5. The molecule has 1 fully saturated rings. The van der Waals surface area contributed by atoms with E-state index in [1.54, 1.807) is 12.1 Å². The number of ether oxygens (including phenoxy) is 1. The van der Waals surface area contributed by atoms with Crippen LogP contribution in [0.2, 0.25) is 5.02 Å². The molecule has 1 saturated heterocycles. The van der Waals surface area contributed by atoms with Gasteiger partial charge in [-0.1, -0.05) is 17.7 Å².